The third-order valence-corrected chi connectivity index (χ3v) is 4.35. The summed E-state index contributed by atoms with van der Waals surface area (Å²) in [6.07, 6.45) is 7.46. The maximum absolute atomic E-state index is 3.20. The van der Waals surface area contributed by atoms with E-state index < -0.39 is 0 Å². The molecule has 1 aliphatic rings. The molecule has 1 aliphatic carbocycles. The Balaban J connectivity index is 0.000000142. The van der Waals surface area contributed by atoms with Crippen LogP contribution in [0.3, 0.4) is 0 Å². The van der Waals surface area contributed by atoms with E-state index in [-0.39, 0.29) is 26.2 Å². The van der Waals surface area contributed by atoms with Crippen LogP contribution in [0.2, 0.25) is 0 Å². The van der Waals surface area contributed by atoms with Gasteiger partial charge in [-0.2, -0.15) is 0 Å². The van der Waals surface area contributed by atoms with E-state index in [0.717, 1.165) is 6.42 Å². The maximum atomic E-state index is 3.20. The van der Waals surface area contributed by atoms with Crippen molar-refractivity contribution < 1.29 is 26.2 Å². The summed E-state index contributed by atoms with van der Waals surface area (Å²) in [5.41, 5.74) is 2.59. The van der Waals surface area contributed by atoms with Crippen LogP contribution in [-0.2, 0) is 26.2 Å². The molecule has 0 nitrogen and oxygen atoms in total. The quantitative estimate of drug-likeness (QED) is 0.320. The van der Waals surface area contributed by atoms with Crippen LogP contribution in [0.15, 0.2) is 97.1 Å². The standard InChI is InChI=1S/C13H9.C11H9.Zr/c1-3-7-12-10(5-1)9-11-6-2-4-8-13(11)12;1-2-6-10(7-3-1)11-8-4-5-9-11;/h1-9H;1-6,8H,9H2;/q2*-1;+2. The predicted octanol–water partition coefficient (Wildman–Crippen LogP) is 6.54. The number of rotatable bonds is 1. The molecule has 118 valence electrons. The smallest absolute Gasteiger partial charge is 0.147 e. The normalized spacial score (nSPS) is 12.4. The Kier molecular flexibility index (Phi) is 5.89. The minimum atomic E-state index is 0. The van der Waals surface area contributed by atoms with Gasteiger partial charge in [-0.3, -0.25) is 0 Å². The molecule has 4 aromatic carbocycles. The van der Waals surface area contributed by atoms with Crippen LogP contribution in [0.4, 0.5) is 0 Å². The molecule has 0 bridgehead atoms. The van der Waals surface area contributed by atoms with Crippen molar-refractivity contribution in [2.24, 2.45) is 0 Å². The van der Waals surface area contributed by atoms with Crippen molar-refractivity contribution in [3.8, 4) is 0 Å². The first-order valence-electron chi connectivity index (χ1n) is 8.28. The van der Waals surface area contributed by atoms with Gasteiger partial charge in [0, 0.05) is 0 Å². The molecule has 5 rings (SSSR count). The molecule has 0 atom stereocenters. The number of hydrogen-bond donors (Lipinski definition) is 0. The molecule has 25 heavy (non-hydrogen) atoms. The summed E-state index contributed by atoms with van der Waals surface area (Å²) in [6.45, 7) is 0. The van der Waals surface area contributed by atoms with E-state index in [1.165, 1.54) is 32.7 Å². The van der Waals surface area contributed by atoms with Crippen molar-refractivity contribution in [2.75, 3.05) is 0 Å². The van der Waals surface area contributed by atoms with E-state index in [1.54, 1.807) is 0 Å². The summed E-state index contributed by atoms with van der Waals surface area (Å²) in [6, 6.07) is 30.6. The van der Waals surface area contributed by atoms with Crippen molar-refractivity contribution in [3.05, 3.63) is 109 Å². The Morgan fingerprint density at radius 1 is 0.760 bits per heavy atom. The van der Waals surface area contributed by atoms with Crippen molar-refractivity contribution in [1.82, 2.24) is 0 Å². The number of benzene rings is 3. The summed E-state index contributed by atoms with van der Waals surface area (Å²) in [5, 5.41) is 5.39. The largest absolute Gasteiger partial charge is 2.00 e. The van der Waals surface area contributed by atoms with Crippen molar-refractivity contribution >= 4 is 27.1 Å². The van der Waals surface area contributed by atoms with Gasteiger partial charge in [0.05, 0.1) is 0 Å². The molecule has 0 unspecified atom stereocenters. The van der Waals surface area contributed by atoms with Crippen LogP contribution in [0.5, 0.6) is 0 Å². The van der Waals surface area contributed by atoms with Crippen LogP contribution < -0.4 is 0 Å². The second kappa shape index (κ2) is 8.32. The van der Waals surface area contributed by atoms with Crippen LogP contribution >= 0.6 is 0 Å². The summed E-state index contributed by atoms with van der Waals surface area (Å²) in [7, 11) is 0. The Bertz CT molecular complexity index is 969. The first-order valence-corrected chi connectivity index (χ1v) is 8.28. The average molecular weight is 398 g/mol. The summed E-state index contributed by atoms with van der Waals surface area (Å²) in [4.78, 5) is 0. The predicted molar refractivity (Wildman–Crippen MR) is 104 cm³/mol. The summed E-state index contributed by atoms with van der Waals surface area (Å²) in [5.74, 6) is 0. The molecular formula is C24H18Zr. The van der Waals surface area contributed by atoms with Gasteiger partial charge in [0.15, 0.2) is 0 Å². The summed E-state index contributed by atoms with van der Waals surface area (Å²) >= 11 is 0. The van der Waals surface area contributed by atoms with E-state index in [4.69, 9.17) is 0 Å². The van der Waals surface area contributed by atoms with Gasteiger partial charge in [-0.25, -0.2) is 0 Å². The molecule has 0 saturated heterocycles. The molecule has 0 N–H and O–H groups in total. The summed E-state index contributed by atoms with van der Waals surface area (Å²) < 4.78 is 0. The second-order valence-corrected chi connectivity index (χ2v) is 5.92. The van der Waals surface area contributed by atoms with Gasteiger partial charge in [-0.05, 0) is 6.42 Å². The van der Waals surface area contributed by atoms with Crippen molar-refractivity contribution in [2.45, 2.75) is 6.42 Å². The van der Waals surface area contributed by atoms with Crippen LogP contribution in [-0.4, -0.2) is 0 Å². The first-order chi connectivity index (χ1) is 11.9. The van der Waals surface area contributed by atoms with E-state index in [1.807, 2.05) is 18.2 Å². The Morgan fingerprint density at radius 3 is 1.96 bits per heavy atom. The van der Waals surface area contributed by atoms with Gasteiger partial charge in [0.2, 0.25) is 0 Å². The second-order valence-electron chi connectivity index (χ2n) is 5.92. The zero-order chi connectivity index (χ0) is 16.2. The zero-order valence-electron chi connectivity index (χ0n) is 13.9. The molecule has 0 aliphatic heterocycles. The third kappa shape index (κ3) is 3.94. The fourth-order valence-corrected chi connectivity index (χ4v) is 3.14. The van der Waals surface area contributed by atoms with Gasteiger partial charge in [-0.1, -0.05) is 48.6 Å². The molecule has 1 heteroatoms. The third-order valence-electron chi connectivity index (χ3n) is 4.35. The van der Waals surface area contributed by atoms with E-state index in [0.29, 0.717) is 0 Å². The van der Waals surface area contributed by atoms with Crippen molar-refractivity contribution in [3.63, 3.8) is 0 Å². The molecular weight excluding hydrogens is 379 g/mol. The molecule has 0 aromatic heterocycles. The number of fused-ring (bicyclic) bond motifs is 3. The minimum Gasteiger partial charge on any atom is -0.147 e. The molecule has 0 heterocycles. The Morgan fingerprint density at radius 2 is 1.40 bits per heavy atom. The Labute approximate surface area is 168 Å². The SMILES string of the molecule is [Zr+2].[c-]1ccccc1C1=CC=CC1.c1ccc2c(c1)[cH-]c1ccccc12. The molecule has 0 spiro atoms. The topological polar surface area (TPSA) is 0 Å². The van der Waals surface area contributed by atoms with Gasteiger partial charge >= 0.3 is 26.2 Å². The van der Waals surface area contributed by atoms with Crippen LogP contribution in [0.1, 0.15) is 12.0 Å². The number of hydrogen-bond acceptors (Lipinski definition) is 0. The molecule has 0 saturated carbocycles. The molecule has 0 radical (unpaired) electrons. The van der Waals surface area contributed by atoms with E-state index in [2.05, 4.69) is 85.0 Å². The first kappa shape index (κ1) is 17.7. The monoisotopic (exact) mass is 396 g/mol. The Hall–Kier alpha value is -2.11. The minimum absolute atomic E-state index is 0. The van der Waals surface area contributed by atoms with Gasteiger partial charge < -0.3 is 0 Å². The molecule has 0 amide bonds. The van der Waals surface area contributed by atoms with E-state index >= 15 is 0 Å². The van der Waals surface area contributed by atoms with Crippen LogP contribution in [0, 0.1) is 6.07 Å². The average Bonchev–Trinajstić information content (AvgIpc) is 3.31. The fourth-order valence-electron chi connectivity index (χ4n) is 3.14. The number of allylic oxidation sites excluding steroid dienone is 4. The molecule has 0 fully saturated rings. The van der Waals surface area contributed by atoms with Gasteiger partial charge in [0.25, 0.3) is 0 Å². The maximum Gasteiger partial charge on any atom is 2.00 e. The van der Waals surface area contributed by atoms with Crippen LogP contribution in [0.25, 0.3) is 27.1 Å². The van der Waals surface area contributed by atoms with E-state index in [9.17, 15) is 0 Å². The zero-order valence-corrected chi connectivity index (χ0v) is 16.4. The van der Waals surface area contributed by atoms with Gasteiger partial charge in [0.1, 0.15) is 0 Å². The van der Waals surface area contributed by atoms with Crippen molar-refractivity contribution in [1.29, 1.82) is 0 Å². The molecule has 4 aromatic rings. The van der Waals surface area contributed by atoms with Gasteiger partial charge in [-0.15, -0.1) is 87.3 Å². The fraction of sp³-hybridized carbons (Fsp3) is 0.0417.